The minimum atomic E-state index is -0.342. The fourth-order valence-corrected chi connectivity index (χ4v) is 5.11. The van der Waals surface area contributed by atoms with Crippen molar-refractivity contribution in [1.29, 1.82) is 0 Å². The van der Waals surface area contributed by atoms with Crippen LogP contribution in [0.15, 0.2) is 66.7 Å². The van der Waals surface area contributed by atoms with E-state index in [1.165, 1.54) is 43.8 Å². The van der Waals surface area contributed by atoms with Gasteiger partial charge in [-0.15, -0.1) is 0 Å². The molecule has 0 bridgehead atoms. The first-order valence-electron chi connectivity index (χ1n) is 10.8. The highest BCUT2D eigenvalue weighted by Gasteiger charge is 2.52. The Morgan fingerprint density at radius 1 is 0.633 bits per heavy atom. The van der Waals surface area contributed by atoms with Crippen molar-refractivity contribution < 1.29 is 9.31 Å². The summed E-state index contributed by atoms with van der Waals surface area (Å²) >= 11 is 0. The van der Waals surface area contributed by atoms with E-state index < -0.39 is 0 Å². The SMILES string of the molecule is CC1(C)OB(c2cccc3c2Cc2c-3c3ccccc3c3ccccc23)OC1(C)C. The number of fused-ring (bicyclic) bond motifs is 8. The van der Waals surface area contributed by atoms with Gasteiger partial charge >= 0.3 is 7.12 Å². The molecule has 0 unspecified atom stereocenters. The maximum Gasteiger partial charge on any atom is 0.495 e. The smallest absolute Gasteiger partial charge is 0.399 e. The lowest BCUT2D eigenvalue weighted by molar-refractivity contribution is 0.00578. The molecule has 2 aliphatic rings. The standard InChI is InChI=1S/C27H25BO2/c1-26(2)27(3,4)30-28(29-26)24-15-9-14-21-22(24)16-23-19-12-6-5-10-17(19)18-11-7-8-13-20(18)25(21)23/h5-15H,16H2,1-4H3. The van der Waals surface area contributed by atoms with E-state index in [-0.39, 0.29) is 18.3 Å². The Morgan fingerprint density at radius 2 is 1.20 bits per heavy atom. The van der Waals surface area contributed by atoms with Crippen LogP contribution in [0.4, 0.5) is 0 Å². The van der Waals surface area contributed by atoms with Crippen LogP contribution in [0.1, 0.15) is 38.8 Å². The molecule has 4 aromatic rings. The van der Waals surface area contributed by atoms with Gasteiger partial charge in [-0.1, -0.05) is 66.7 Å². The van der Waals surface area contributed by atoms with Gasteiger partial charge in [0.1, 0.15) is 0 Å². The highest BCUT2D eigenvalue weighted by atomic mass is 16.7. The van der Waals surface area contributed by atoms with E-state index in [4.69, 9.17) is 9.31 Å². The van der Waals surface area contributed by atoms with Crippen molar-refractivity contribution >= 4 is 34.1 Å². The van der Waals surface area contributed by atoms with Crippen LogP contribution in [-0.2, 0) is 15.7 Å². The Balaban J connectivity index is 1.60. The van der Waals surface area contributed by atoms with Crippen molar-refractivity contribution in [1.82, 2.24) is 0 Å². The fraction of sp³-hybridized carbons (Fsp3) is 0.259. The molecule has 0 saturated carbocycles. The molecule has 0 atom stereocenters. The number of hydrogen-bond acceptors (Lipinski definition) is 2. The average Bonchev–Trinajstić information content (AvgIpc) is 3.22. The van der Waals surface area contributed by atoms with Crippen molar-refractivity contribution in [3.8, 4) is 11.1 Å². The van der Waals surface area contributed by atoms with Gasteiger partial charge in [-0.25, -0.2) is 0 Å². The van der Waals surface area contributed by atoms with Crippen molar-refractivity contribution in [2.45, 2.75) is 45.3 Å². The lowest BCUT2D eigenvalue weighted by Gasteiger charge is -2.32. The van der Waals surface area contributed by atoms with E-state index in [2.05, 4.69) is 94.4 Å². The van der Waals surface area contributed by atoms with Crippen molar-refractivity contribution in [3.05, 3.63) is 77.9 Å². The van der Waals surface area contributed by atoms with Crippen molar-refractivity contribution in [3.63, 3.8) is 0 Å². The van der Waals surface area contributed by atoms with Crippen LogP contribution >= 0.6 is 0 Å². The lowest BCUT2D eigenvalue weighted by Crippen LogP contribution is -2.41. The number of hydrogen-bond donors (Lipinski definition) is 0. The van der Waals surface area contributed by atoms with Crippen LogP contribution < -0.4 is 5.46 Å². The molecule has 0 amide bonds. The molecular weight excluding hydrogens is 367 g/mol. The Kier molecular flexibility index (Phi) is 3.61. The molecule has 1 heterocycles. The van der Waals surface area contributed by atoms with Gasteiger partial charge in [-0.2, -0.15) is 0 Å². The predicted octanol–water partition coefficient (Wildman–Crippen LogP) is 5.86. The normalized spacial score (nSPS) is 18.7. The van der Waals surface area contributed by atoms with E-state index in [0.717, 1.165) is 11.9 Å². The molecule has 148 valence electrons. The largest absolute Gasteiger partial charge is 0.495 e. The van der Waals surface area contributed by atoms with Gasteiger partial charge in [0.05, 0.1) is 11.2 Å². The molecule has 1 saturated heterocycles. The van der Waals surface area contributed by atoms with E-state index >= 15 is 0 Å². The molecule has 2 nitrogen and oxygen atoms in total. The van der Waals surface area contributed by atoms with E-state index in [0.29, 0.717) is 0 Å². The average molecular weight is 392 g/mol. The van der Waals surface area contributed by atoms with Gasteiger partial charge in [-0.05, 0) is 83.4 Å². The van der Waals surface area contributed by atoms with Gasteiger partial charge in [0.2, 0.25) is 0 Å². The zero-order chi connectivity index (χ0) is 20.7. The number of rotatable bonds is 1. The van der Waals surface area contributed by atoms with Crippen LogP contribution in [0.2, 0.25) is 0 Å². The van der Waals surface area contributed by atoms with Gasteiger partial charge in [0.15, 0.2) is 0 Å². The highest BCUT2D eigenvalue weighted by molar-refractivity contribution is 6.63. The predicted molar refractivity (Wildman–Crippen MR) is 125 cm³/mol. The minimum absolute atomic E-state index is 0.336. The third-order valence-electron chi connectivity index (χ3n) is 7.38. The first-order chi connectivity index (χ1) is 14.4. The van der Waals surface area contributed by atoms with Gasteiger partial charge in [0, 0.05) is 0 Å². The first kappa shape index (κ1) is 18.2. The van der Waals surface area contributed by atoms with Crippen LogP contribution in [0.3, 0.4) is 0 Å². The molecule has 1 aliphatic carbocycles. The molecule has 0 N–H and O–H groups in total. The van der Waals surface area contributed by atoms with E-state index in [9.17, 15) is 0 Å². The topological polar surface area (TPSA) is 18.5 Å². The van der Waals surface area contributed by atoms with Crippen LogP contribution in [0.5, 0.6) is 0 Å². The Hall–Kier alpha value is -2.62. The summed E-state index contributed by atoms with van der Waals surface area (Å²) in [5.41, 5.74) is 5.93. The van der Waals surface area contributed by atoms with Crippen molar-refractivity contribution in [2.75, 3.05) is 0 Å². The lowest BCUT2D eigenvalue weighted by atomic mass is 9.74. The van der Waals surface area contributed by atoms with E-state index in [1.807, 2.05) is 0 Å². The maximum atomic E-state index is 6.43. The number of benzene rings is 4. The van der Waals surface area contributed by atoms with Crippen LogP contribution in [0.25, 0.3) is 32.7 Å². The monoisotopic (exact) mass is 392 g/mol. The molecule has 30 heavy (non-hydrogen) atoms. The molecule has 1 fully saturated rings. The summed E-state index contributed by atoms with van der Waals surface area (Å²) in [6.45, 7) is 8.47. The first-order valence-corrected chi connectivity index (χ1v) is 10.8. The summed E-state index contributed by atoms with van der Waals surface area (Å²) in [5.74, 6) is 0. The Morgan fingerprint density at radius 3 is 1.87 bits per heavy atom. The molecule has 4 aromatic carbocycles. The molecule has 6 rings (SSSR count). The maximum absolute atomic E-state index is 6.43. The minimum Gasteiger partial charge on any atom is -0.399 e. The molecule has 3 heteroatoms. The van der Waals surface area contributed by atoms with Crippen LogP contribution in [0, 0.1) is 0 Å². The van der Waals surface area contributed by atoms with Crippen molar-refractivity contribution in [2.24, 2.45) is 0 Å². The third-order valence-corrected chi connectivity index (χ3v) is 7.38. The zero-order valence-corrected chi connectivity index (χ0v) is 18.0. The molecule has 0 spiro atoms. The quantitative estimate of drug-likeness (QED) is 0.263. The summed E-state index contributed by atoms with van der Waals surface area (Å²) in [6.07, 6.45) is 0.913. The van der Waals surface area contributed by atoms with Gasteiger partial charge in [0.25, 0.3) is 0 Å². The van der Waals surface area contributed by atoms with Gasteiger partial charge in [-0.3, -0.25) is 0 Å². The summed E-state index contributed by atoms with van der Waals surface area (Å²) in [5, 5.41) is 5.33. The summed E-state index contributed by atoms with van der Waals surface area (Å²) in [6, 6.07) is 24.2. The second-order valence-corrected chi connectivity index (χ2v) is 9.58. The fourth-order valence-electron chi connectivity index (χ4n) is 5.11. The molecular formula is C27H25BO2. The highest BCUT2D eigenvalue weighted by Crippen LogP contribution is 2.46. The van der Waals surface area contributed by atoms with Crippen LogP contribution in [-0.4, -0.2) is 18.3 Å². The van der Waals surface area contributed by atoms with Gasteiger partial charge < -0.3 is 9.31 Å². The molecule has 0 aromatic heterocycles. The third kappa shape index (κ3) is 2.34. The Bertz CT molecular complexity index is 1320. The summed E-state index contributed by atoms with van der Waals surface area (Å²) in [7, 11) is -0.336. The Labute approximate surface area is 178 Å². The van der Waals surface area contributed by atoms with E-state index in [1.54, 1.807) is 0 Å². The second-order valence-electron chi connectivity index (χ2n) is 9.58. The molecule has 1 aliphatic heterocycles. The summed E-state index contributed by atoms with van der Waals surface area (Å²) in [4.78, 5) is 0. The zero-order valence-electron chi connectivity index (χ0n) is 18.0. The second kappa shape index (κ2) is 5.97. The summed E-state index contributed by atoms with van der Waals surface area (Å²) < 4.78 is 12.9. The molecule has 0 radical (unpaired) electrons.